The number of nitrogens with zero attached hydrogens (tertiary/aromatic N) is 1. The fourth-order valence-corrected chi connectivity index (χ4v) is 2.58. The highest BCUT2D eigenvalue weighted by atomic mass is 35.5. The van der Waals surface area contributed by atoms with E-state index in [2.05, 4.69) is 5.32 Å². The summed E-state index contributed by atoms with van der Waals surface area (Å²) < 4.78 is 5.11. The Hall–Kier alpha value is -1.75. The van der Waals surface area contributed by atoms with Gasteiger partial charge >= 0.3 is 0 Å². The number of rotatable bonds is 3. The minimum atomic E-state index is -0.513. The van der Waals surface area contributed by atoms with Gasteiger partial charge in [-0.2, -0.15) is 0 Å². The molecule has 0 bridgehead atoms. The fourth-order valence-electron chi connectivity index (χ4n) is 2.33. The maximum Gasteiger partial charge on any atom is 0.249 e. The average molecular weight is 311 g/mol. The van der Waals surface area contributed by atoms with Crippen molar-refractivity contribution >= 4 is 29.1 Å². The quantitative estimate of drug-likeness (QED) is 0.931. The van der Waals surface area contributed by atoms with Gasteiger partial charge in [0.1, 0.15) is 11.8 Å². The zero-order valence-corrected chi connectivity index (χ0v) is 13.1. The number of halogens is 1. The number of methoxy groups -OCH3 is 1. The van der Waals surface area contributed by atoms with Gasteiger partial charge in [-0.25, -0.2) is 0 Å². The summed E-state index contributed by atoms with van der Waals surface area (Å²) in [4.78, 5) is 26.0. The van der Waals surface area contributed by atoms with E-state index in [-0.39, 0.29) is 24.2 Å². The Kier molecular flexibility index (Phi) is 4.73. The minimum Gasteiger partial charge on any atom is -0.495 e. The van der Waals surface area contributed by atoms with Gasteiger partial charge in [0.05, 0.1) is 12.1 Å². The number of carbonyl (C=O) groups excluding carboxylic acids is 2. The van der Waals surface area contributed by atoms with Crippen molar-refractivity contribution in [3.8, 4) is 5.75 Å². The lowest BCUT2D eigenvalue weighted by atomic mass is 10.0. The molecule has 0 saturated carbocycles. The molecule has 21 heavy (non-hydrogen) atoms. The average Bonchev–Trinajstić information content (AvgIpc) is 2.58. The highest BCUT2D eigenvalue weighted by Gasteiger charge is 2.32. The molecule has 1 aliphatic heterocycles. The molecular weight excluding hydrogens is 292 g/mol. The van der Waals surface area contributed by atoms with Gasteiger partial charge in [-0.15, -0.1) is 0 Å². The summed E-state index contributed by atoms with van der Waals surface area (Å²) >= 11 is 6.12. The summed E-state index contributed by atoms with van der Waals surface area (Å²) in [5.74, 6) is 0.356. The van der Waals surface area contributed by atoms with Crippen molar-refractivity contribution in [1.29, 1.82) is 0 Å². The van der Waals surface area contributed by atoms with Crippen LogP contribution >= 0.6 is 11.6 Å². The maximum atomic E-state index is 12.6. The number of nitrogens with one attached hydrogen (secondary N) is 1. The fraction of sp³-hybridized carbons (Fsp3) is 0.467. The lowest BCUT2D eigenvalue weighted by Gasteiger charge is -2.26. The molecule has 0 radical (unpaired) electrons. The Bertz CT molecular complexity index is 560. The number of ether oxygens (including phenoxy) is 1. The number of hydrogen-bond acceptors (Lipinski definition) is 3. The van der Waals surface area contributed by atoms with Gasteiger partial charge in [0.25, 0.3) is 0 Å². The molecule has 0 aliphatic carbocycles. The summed E-state index contributed by atoms with van der Waals surface area (Å²) in [6.07, 6.45) is 0.276. The van der Waals surface area contributed by atoms with E-state index in [1.165, 1.54) is 7.11 Å². The Morgan fingerprint density at radius 1 is 1.38 bits per heavy atom. The monoisotopic (exact) mass is 310 g/mol. The second-order valence-electron chi connectivity index (χ2n) is 5.35. The number of hydrogen-bond donors (Lipinski definition) is 1. The topological polar surface area (TPSA) is 58.6 Å². The summed E-state index contributed by atoms with van der Waals surface area (Å²) in [6.45, 7) is 4.16. The first-order chi connectivity index (χ1) is 9.93. The molecule has 1 aromatic carbocycles. The first-order valence-electron chi connectivity index (χ1n) is 6.88. The van der Waals surface area contributed by atoms with Crippen molar-refractivity contribution in [2.75, 3.05) is 18.6 Å². The van der Waals surface area contributed by atoms with Crippen molar-refractivity contribution in [2.45, 2.75) is 26.3 Å². The highest BCUT2D eigenvalue weighted by molar-refractivity contribution is 6.32. The first-order valence-corrected chi connectivity index (χ1v) is 7.26. The Morgan fingerprint density at radius 2 is 2.10 bits per heavy atom. The van der Waals surface area contributed by atoms with E-state index < -0.39 is 6.04 Å². The molecule has 5 nitrogen and oxygen atoms in total. The molecule has 0 aromatic heterocycles. The van der Waals surface area contributed by atoms with Crippen molar-refractivity contribution in [1.82, 2.24) is 5.32 Å². The summed E-state index contributed by atoms with van der Waals surface area (Å²) in [5.41, 5.74) is 0.674. The molecule has 1 saturated heterocycles. The van der Waals surface area contributed by atoms with Crippen LogP contribution in [0.25, 0.3) is 0 Å². The second-order valence-corrected chi connectivity index (χ2v) is 5.76. The van der Waals surface area contributed by atoms with Gasteiger partial charge in [0, 0.05) is 18.7 Å². The van der Waals surface area contributed by atoms with Crippen molar-refractivity contribution in [3.05, 3.63) is 23.2 Å². The van der Waals surface area contributed by atoms with Gasteiger partial charge in [-0.1, -0.05) is 25.4 Å². The third-order valence-electron chi connectivity index (χ3n) is 3.52. The number of benzene rings is 1. The lowest BCUT2D eigenvalue weighted by molar-refractivity contribution is -0.126. The Balaban J connectivity index is 2.34. The van der Waals surface area contributed by atoms with Crippen LogP contribution in [0.1, 0.15) is 20.3 Å². The van der Waals surface area contributed by atoms with Crippen LogP contribution in [-0.4, -0.2) is 31.5 Å². The molecule has 1 N–H and O–H groups in total. The molecule has 1 unspecified atom stereocenters. The lowest BCUT2D eigenvalue weighted by Crippen LogP contribution is -2.47. The van der Waals surface area contributed by atoms with E-state index in [0.29, 0.717) is 23.0 Å². The molecule has 114 valence electrons. The van der Waals surface area contributed by atoms with Gasteiger partial charge in [-0.3, -0.25) is 9.59 Å². The molecule has 0 spiro atoms. The van der Waals surface area contributed by atoms with Gasteiger partial charge < -0.3 is 15.0 Å². The SMILES string of the molecule is COc1ccc(N2CCC(=O)NC(C(C)C)C2=O)cc1Cl. The van der Waals surface area contributed by atoms with Gasteiger partial charge in [-0.05, 0) is 24.1 Å². The van der Waals surface area contributed by atoms with Crippen LogP contribution < -0.4 is 15.0 Å². The van der Waals surface area contributed by atoms with E-state index in [9.17, 15) is 9.59 Å². The second kappa shape index (κ2) is 6.35. The van der Waals surface area contributed by atoms with Crippen LogP contribution in [0.3, 0.4) is 0 Å². The molecule has 1 atom stereocenters. The Morgan fingerprint density at radius 3 is 2.67 bits per heavy atom. The van der Waals surface area contributed by atoms with Gasteiger partial charge in [0.15, 0.2) is 0 Å². The van der Waals surface area contributed by atoms with Crippen LogP contribution in [0.15, 0.2) is 18.2 Å². The molecule has 1 aliphatic rings. The molecule has 1 fully saturated rings. The van der Waals surface area contributed by atoms with E-state index in [0.717, 1.165) is 0 Å². The molecular formula is C15H19ClN2O3. The third kappa shape index (κ3) is 3.29. The molecule has 6 heteroatoms. The van der Waals surface area contributed by atoms with Crippen molar-refractivity contribution < 1.29 is 14.3 Å². The van der Waals surface area contributed by atoms with Crippen LogP contribution in [0.4, 0.5) is 5.69 Å². The van der Waals surface area contributed by atoms with E-state index in [1.54, 1.807) is 23.1 Å². The van der Waals surface area contributed by atoms with E-state index in [4.69, 9.17) is 16.3 Å². The smallest absolute Gasteiger partial charge is 0.249 e. The number of anilines is 1. The normalized spacial score (nSPS) is 19.5. The van der Waals surface area contributed by atoms with E-state index >= 15 is 0 Å². The highest BCUT2D eigenvalue weighted by Crippen LogP contribution is 2.30. The Labute approximate surface area is 129 Å². The molecule has 2 rings (SSSR count). The van der Waals surface area contributed by atoms with Gasteiger partial charge in [0.2, 0.25) is 11.8 Å². The van der Waals surface area contributed by atoms with Crippen LogP contribution in [0, 0.1) is 5.92 Å². The molecule has 2 amide bonds. The summed E-state index contributed by atoms with van der Waals surface area (Å²) in [7, 11) is 1.54. The predicted octanol–water partition coefficient (Wildman–Crippen LogP) is 2.23. The minimum absolute atomic E-state index is 0.0239. The third-order valence-corrected chi connectivity index (χ3v) is 3.82. The summed E-state index contributed by atoms with van der Waals surface area (Å²) in [6, 6.07) is 4.66. The number of carbonyl (C=O) groups is 2. The molecule has 1 aromatic rings. The zero-order valence-electron chi connectivity index (χ0n) is 12.4. The van der Waals surface area contributed by atoms with Crippen LogP contribution in [0.2, 0.25) is 5.02 Å². The van der Waals surface area contributed by atoms with Crippen LogP contribution in [0.5, 0.6) is 5.75 Å². The maximum absolute atomic E-state index is 12.6. The summed E-state index contributed by atoms with van der Waals surface area (Å²) in [5, 5.41) is 3.21. The van der Waals surface area contributed by atoms with Crippen LogP contribution in [-0.2, 0) is 9.59 Å². The zero-order chi connectivity index (χ0) is 15.6. The first kappa shape index (κ1) is 15.6. The standard InChI is InChI=1S/C15H19ClN2O3/c1-9(2)14-15(20)18(7-6-13(19)17-14)10-4-5-12(21-3)11(16)8-10/h4-5,8-9,14H,6-7H2,1-3H3,(H,17,19). The number of amides is 2. The largest absolute Gasteiger partial charge is 0.495 e. The molecule has 1 heterocycles. The predicted molar refractivity (Wildman–Crippen MR) is 81.7 cm³/mol. The van der Waals surface area contributed by atoms with Crippen molar-refractivity contribution in [2.24, 2.45) is 5.92 Å². The van der Waals surface area contributed by atoms with E-state index in [1.807, 2.05) is 13.8 Å². The van der Waals surface area contributed by atoms with Crippen molar-refractivity contribution in [3.63, 3.8) is 0 Å².